The Hall–Kier alpha value is -1.07. The maximum Gasteiger partial charge on any atom is 0.347 e. The molecule has 0 aliphatic rings. The van der Waals surface area contributed by atoms with E-state index in [1.807, 2.05) is 25.1 Å². The van der Waals surface area contributed by atoms with Crippen LogP contribution in [0.15, 0.2) is 22.7 Å². The molecule has 0 aliphatic heterocycles. The number of hydrogen-bond donors (Lipinski definition) is 1. The first-order valence-electron chi connectivity index (χ1n) is 7.45. The fraction of sp³-hybridized carbons (Fsp3) is 0.562. The maximum atomic E-state index is 12.0. The lowest BCUT2D eigenvalue weighted by Gasteiger charge is -2.20. The van der Waals surface area contributed by atoms with Crippen LogP contribution >= 0.6 is 15.9 Å². The van der Waals surface area contributed by atoms with Crippen molar-refractivity contribution in [3.05, 3.63) is 28.2 Å². The highest BCUT2D eigenvalue weighted by Gasteiger charge is 2.23. The Balaban J connectivity index is 2.93. The summed E-state index contributed by atoms with van der Waals surface area (Å²) in [5.41, 5.74) is 1.02. The highest BCUT2D eigenvalue weighted by atomic mass is 79.9. The molecule has 0 aromatic heterocycles. The van der Waals surface area contributed by atoms with Crippen LogP contribution in [-0.2, 0) is 16.1 Å². The second-order valence-corrected chi connectivity index (χ2v) is 5.51. The zero-order valence-electron chi connectivity index (χ0n) is 12.9. The van der Waals surface area contributed by atoms with Crippen LogP contribution in [0.3, 0.4) is 0 Å². The normalized spacial score (nSPS) is 12.0. The summed E-state index contributed by atoms with van der Waals surface area (Å²) in [6.07, 6.45) is 0.936. The van der Waals surface area contributed by atoms with Crippen LogP contribution in [0.25, 0.3) is 0 Å². The summed E-state index contributed by atoms with van der Waals surface area (Å²) in [7, 11) is 0. The van der Waals surface area contributed by atoms with E-state index in [0.717, 1.165) is 23.0 Å². The quantitative estimate of drug-likeness (QED) is 0.685. The molecule has 0 radical (unpaired) electrons. The van der Waals surface area contributed by atoms with E-state index in [9.17, 15) is 4.79 Å². The summed E-state index contributed by atoms with van der Waals surface area (Å²) < 4.78 is 11.9. The number of halogens is 1. The average molecular weight is 358 g/mol. The zero-order chi connectivity index (χ0) is 15.7. The Morgan fingerprint density at radius 1 is 1.33 bits per heavy atom. The first kappa shape index (κ1) is 18.0. The minimum absolute atomic E-state index is 0.301. The first-order chi connectivity index (χ1) is 10.1. The number of nitrogens with one attached hydrogen (secondary N) is 1. The molecule has 0 bridgehead atoms. The van der Waals surface area contributed by atoms with E-state index in [0.29, 0.717) is 25.3 Å². The molecule has 0 heterocycles. The van der Waals surface area contributed by atoms with E-state index in [1.165, 1.54) is 0 Å². The average Bonchev–Trinajstić information content (AvgIpc) is 2.47. The van der Waals surface area contributed by atoms with Gasteiger partial charge in [-0.1, -0.05) is 32.4 Å². The molecule has 21 heavy (non-hydrogen) atoms. The molecule has 0 saturated carbocycles. The third-order valence-corrected chi connectivity index (χ3v) is 3.60. The van der Waals surface area contributed by atoms with Gasteiger partial charge in [0.05, 0.1) is 11.1 Å². The van der Waals surface area contributed by atoms with Crippen LogP contribution in [0.5, 0.6) is 5.75 Å². The maximum absolute atomic E-state index is 12.0. The molecule has 1 rings (SSSR count). The van der Waals surface area contributed by atoms with Crippen LogP contribution < -0.4 is 10.1 Å². The van der Waals surface area contributed by atoms with E-state index in [1.54, 1.807) is 6.92 Å². The van der Waals surface area contributed by atoms with E-state index in [-0.39, 0.29) is 5.97 Å². The van der Waals surface area contributed by atoms with Crippen LogP contribution in [0.2, 0.25) is 0 Å². The number of ether oxygens (including phenoxy) is 2. The van der Waals surface area contributed by atoms with Gasteiger partial charge in [0, 0.05) is 12.1 Å². The van der Waals surface area contributed by atoms with Crippen molar-refractivity contribution in [1.82, 2.24) is 5.32 Å². The molecule has 1 aromatic carbocycles. The van der Waals surface area contributed by atoms with Crippen molar-refractivity contribution in [2.45, 2.75) is 46.3 Å². The molecule has 0 spiro atoms. The lowest BCUT2D eigenvalue weighted by molar-refractivity contribution is -0.151. The van der Waals surface area contributed by atoms with E-state index in [2.05, 4.69) is 28.2 Å². The molecule has 1 N–H and O–H groups in total. The Morgan fingerprint density at radius 3 is 2.71 bits per heavy atom. The van der Waals surface area contributed by atoms with Crippen molar-refractivity contribution >= 4 is 21.9 Å². The lowest BCUT2D eigenvalue weighted by Crippen LogP contribution is -2.30. The standard InChI is InChI=1S/C16H24BrNO3/c1-4-8-14(16(19)20-6-3)21-15-12(11-18-5-2)9-7-10-13(15)17/h7,9-10,14,18H,4-6,8,11H2,1-3H3. The van der Waals surface area contributed by atoms with Crippen molar-refractivity contribution < 1.29 is 14.3 Å². The molecule has 1 atom stereocenters. The number of hydrogen-bond acceptors (Lipinski definition) is 4. The third kappa shape index (κ3) is 5.67. The lowest BCUT2D eigenvalue weighted by atomic mass is 10.1. The molecule has 0 amide bonds. The van der Waals surface area contributed by atoms with Crippen molar-refractivity contribution in [3.63, 3.8) is 0 Å². The summed E-state index contributed by atoms with van der Waals surface area (Å²) in [5.74, 6) is 0.412. The van der Waals surface area contributed by atoms with Gasteiger partial charge in [-0.15, -0.1) is 0 Å². The predicted octanol–water partition coefficient (Wildman–Crippen LogP) is 3.67. The van der Waals surface area contributed by atoms with Crippen molar-refractivity contribution in [2.75, 3.05) is 13.2 Å². The van der Waals surface area contributed by atoms with Crippen molar-refractivity contribution in [2.24, 2.45) is 0 Å². The fourth-order valence-electron chi connectivity index (χ4n) is 1.95. The summed E-state index contributed by atoms with van der Waals surface area (Å²) in [4.78, 5) is 12.0. The number of para-hydroxylation sites is 1. The Morgan fingerprint density at radius 2 is 2.10 bits per heavy atom. The number of benzene rings is 1. The molecule has 0 fully saturated rings. The number of esters is 1. The third-order valence-electron chi connectivity index (χ3n) is 2.97. The minimum atomic E-state index is -0.561. The largest absolute Gasteiger partial charge is 0.477 e. The van der Waals surface area contributed by atoms with Gasteiger partial charge in [0.25, 0.3) is 0 Å². The van der Waals surface area contributed by atoms with Gasteiger partial charge < -0.3 is 14.8 Å². The van der Waals surface area contributed by atoms with E-state index < -0.39 is 6.10 Å². The van der Waals surface area contributed by atoms with Gasteiger partial charge in [0.1, 0.15) is 5.75 Å². The number of carbonyl (C=O) groups is 1. The topological polar surface area (TPSA) is 47.6 Å². The highest BCUT2D eigenvalue weighted by molar-refractivity contribution is 9.10. The monoisotopic (exact) mass is 357 g/mol. The minimum Gasteiger partial charge on any atom is -0.477 e. The molecule has 0 aliphatic carbocycles. The van der Waals surface area contributed by atoms with E-state index >= 15 is 0 Å². The van der Waals surface area contributed by atoms with Crippen LogP contribution in [0.4, 0.5) is 0 Å². The molecular formula is C16H24BrNO3. The van der Waals surface area contributed by atoms with Gasteiger partial charge in [-0.25, -0.2) is 4.79 Å². The van der Waals surface area contributed by atoms with Gasteiger partial charge in [0.15, 0.2) is 6.10 Å². The second kappa shape index (κ2) is 9.79. The molecule has 5 heteroatoms. The summed E-state index contributed by atoms with van der Waals surface area (Å²) in [6.45, 7) is 7.82. The Bertz CT molecular complexity index is 451. The molecule has 118 valence electrons. The number of rotatable bonds is 9. The van der Waals surface area contributed by atoms with Crippen LogP contribution in [-0.4, -0.2) is 25.2 Å². The van der Waals surface area contributed by atoms with Gasteiger partial charge >= 0.3 is 5.97 Å². The summed E-state index contributed by atoms with van der Waals surface area (Å²) in [5, 5.41) is 3.27. The summed E-state index contributed by atoms with van der Waals surface area (Å²) >= 11 is 3.50. The Labute approximate surface area is 135 Å². The van der Waals surface area contributed by atoms with Crippen molar-refractivity contribution in [3.8, 4) is 5.75 Å². The smallest absolute Gasteiger partial charge is 0.347 e. The van der Waals surface area contributed by atoms with Gasteiger partial charge in [-0.2, -0.15) is 0 Å². The molecular weight excluding hydrogens is 334 g/mol. The molecule has 1 unspecified atom stereocenters. The highest BCUT2D eigenvalue weighted by Crippen LogP contribution is 2.30. The van der Waals surface area contributed by atoms with Gasteiger partial charge in [-0.3, -0.25) is 0 Å². The zero-order valence-corrected chi connectivity index (χ0v) is 14.5. The molecule has 0 saturated heterocycles. The Kier molecular flexibility index (Phi) is 8.38. The molecule has 1 aromatic rings. The second-order valence-electron chi connectivity index (χ2n) is 4.66. The fourth-order valence-corrected chi connectivity index (χ4v) is 2.45. The van der Waals surface area contributed by atoms with E-state index in [4.69, 9.17) is 9.47 Å². The molecule has 4 nitrogen and oxygen atoms in total. The summed E-state index contributed by atoms with van der Waals surface area (Å²) in [6, 6.07) is 5.87. The van der Waals surface area contributed by atoms with Crippen LogP contribution in [0, 0.1) is 0 Å². The number of carbonyl (C=O) groups excluding carboxylic acids is 1. The van der Waals surface area contributed by atoms with Gasteiger partial charge in [0.2, 0.25) is 0 Å². The van der Waals surface area contributed by atoms with Crippen LogP contribution in [0.1, 0.15) is 39.2 Å². The first-order valence-corrected chi connectivity index (χ1v) is 8.24. The SMILES string of the molecule is CCCC(Oc1c(Br)cccc1CNCC)C(=O)OCC. The van der Waals surface area contributed by atoms with Gasteiger partial charge in [-0.05, 0) is 41.9 Å². The van der Waals surface area contributed by atoms with Crippen molar-refractivity contribution in [1.29, 1.82) is 0 Å². The predicted molar refractivity (Wildman–Crippen MR) is 87.5 cm³/mol.